The Hall–Kier alpha value is -3.12. The van der Waals surface area contributed by atoms with Gasteiger partial charge in [-0.25, -0.2) is 0 Å². The zero-order valence-corrected chi connectivity index (χ0v) is 17.2. The van der Waals surface area contributed by atoms with Crippen LogP contribution >= 0.6 is 0 Å². The highest BCUT2D eigenvalue weighted by atomic mass is 14.1. The Labute approximate surface area is 174 Å². The van der Waals surface area contributed by atoms with Crippen molar-refractivity contribution in [3.8, 4) is 22.3 Å². The van der Waals surface area contributed by atoms with Gasteiger partial charge in [0.1, 0.15) is 0 Å². The minimum Gasteiger partial charge on any atom is -0.103 e. The van der Waals surface area contributed by atoms with Crippen LogP contribution in [0.1, 0.15) is 30.9 Å². The Morgan fingerprint density at radius 1 is 0.586 bits per heavy atom. The summed E-state index contributed by atoms with van der Waals surface area (Å²) in [5, 5.41) is 2.63. The van der Waals surface area contributed by atoms with Crippen molar-refractivity contribution in [1.29, 1.82) is 0 Å². The molecule has 0 saturated heterocycles. The molecule has 0 saturated carbocycles. The number of benzene rings is 4. The largest absolute Gasteiger partial charge is 0.103 e. The van der Waals surface area contributed by atoms with Crippen molar-refractivity contribution in [3.05, 3.63) is 109 Å². The normalized spacial score (nSPS) is 10.9. The average molecular weight is 377 g/mol. The van der Waals surface area contributed by atoms with E-state index in [0.717, 1.165) is 19.3 Å². The molecular weight excluding hydrogens is 348 g/mol. The monoisotopic (exact) mass is 376 g/mol. The fourth-order valence-corrected chi connectivity index (χ4v) is 3.91. The van der Waals surface area contributed by atoms with Crippen LogP contribution in [0.2, 0.25) is 0 Å². The molecule has 0 radical (unpaired) electrons. The summed E-state index contributed by atoms with van der Waals surface area (Å²) in [6.07, 6.45) is 6.40. The van der Waals surface area contributed by atoms with Gasteiger partial charge in [0.2, 0.25) is 0 Å². The summed E-state index contributed by atoms with van der Waals surface area (Å²) in [5.41, 5.74) is 7.84. The molecule has 0 aromatic heterocycles. The molecular formula is C29H28. The van der Waals surface area contributed by atoms with Crippen LogP contribution in [0.15, 0.2) is 97.6 Å². The summed E-state index contributed by atoms with van der Waals surface area (Å²) in [7, 11) is 0. The van der Waals surface area contributed by atoms with Crippen LogP contribution in [0, 0.1) is 0 Å². The van der Waals surface area contributed by atoms with E-state index in [9.17, 15) is 0 Å². The van der Waals surface area contributed by atoms with Gasteiger partial charge in [-0.2, -0.15) is 0 Å². The summed E-state index contributed by atoms with van der Waals surface area (Å²) in [5.74, 6) is 0. The predicted molar refractivity (Wildman–Crippen MR) is 127 cm³/mol. The Morgan fingerprint density at radius 3 is 1.76 bits per heavy atom. The molecule has 0 heteroatoms. The van der Waals surface area contributed by atoms with E-state index in [-0.39, 0.29) is 0 Å². The predicted octanol–water partition coefficient (Wildman–Crippen LogP) is 8.24. The van der Waals surface area contributed by atoms with Gasteiger partial charge in [0.05, 0.1) is 0 Å². The van der Waals surface area contributed by atoms with Gasteiger partial charge in [-0.1, -0.05) is 98.3 Å². The number of fused-ring (bicyclic) bond motifs is 1. The third kappa shape index (κ3) is 4.49. The molecule has 29 heavy (non-hydrogen) atoms. The van der Waals surface area contributed by atoms with Gasteiger partial charge in [-0.3, -0.25) is 0 Å². The molecule has 0 fully saturated rings. The van der Waals surface area contributed by atoms with Crippen LogP contribution in [-0.2, 0) is 12.8 Å². The molecule has 0 spiro atoms. The van der Waals surface area contributed by atoms with E-state index in [4.69, 9.17) is 0 Å². The van der Waals surface area contributed by atoms with Gasteiger partial charge < -0.3 is 0 Å². The lowest BCUT2D eigenvalue weighted by Crippen LogP contribution is -1.85. The number of allylic oxidation sites excluding steroid dienone is 1. The summed E-state index contributed by atoms with van der Waals surface area (Å²) < 4.78 is 0. The van der Waals surface area contributed by atoms with Crippen LogP contribution < -0.4 is 0 Å². The lowest BCUT2D eigenvalue weighted by Gasteiger charge is -2.08. The molecule has 0 heterocycles. The van der Waals surface area contributed by atoms with E-state index in [1.54, 1.807) is 0 Å². The second-order valence-corrected chi connectivity index (χ2v) is 7.75. The zero-order valence-electron chi connectivity index (χ0n) is 17.2. The number of rotatable bonds is 7. The standard InChI is InChI=1S/C29H28/c1-3-5-7-22-8-11-24(12-9-22)25-14-16-26(17-15-25)28-19-18-27-20-23(6-4-2)10-13-29(27)21-28/h3,8-21H,1,4-7H2,2H3. The minimum absolute atomic E-state index is 1.03. The quantitative estimate of drug-likeness (QED) is 0.285. The van der Waals surface area contributed by atoms with Crippen LogP contribution in [0.25, 0.3) is 33.0 Å². The highest BCUT2D eigenvalue weighted by Gasteiger charge is 2.03. The van der Waals surface area contributed by atoms with Gasteiger partial charge in [0, 0.05) is 0 Å². The average Bonchev–Trinajstić information content (AvgIpc) is 2.78. The first-order chi connectivity index (χ1) is 14.3. The van der Waals surface area contributed by atoms with Crippen molar-refractivity contribution in [1.82, 2.24) is 0 Å². The van der Waals surface area contributed by atoms with E-state index in [1.807, 2.05) is 6.08 Å². The number of aryl methyl sites for hydroxylation is 2. The highest BCUT2D eigenvalue weighted by molar-refractivity contribution is 5.88. The Bertz CT molecular complexity index is 1100. The Kier molecular flexibility index (Phi) is 5.91. The minimum atomic E-state index is 1.03. The second-order valence-electron chi connectivity index (χ2n) is 7.75. The molecule has 4 rings (SSSR count). The third-order valence-electron chi connectivity index (χ3n) is 5.59. The van der Waals surface area contributed by atoms with Crippen LogP contribution in [-0.4, -0.2) is 0 Å². The lowest BCUT2D eigenvalue weighted by molar-refractivity contribution is 0.924. The SMILES string of the molecule is C=CCCc1ccc(-c2ccc(-c3ccc4cc(CCC)ccc4c3)cc2)cc1. The van der Waals surface area contributed by atoms with E-state index in [0.29, 0.717) is 0 Å². The van der Waals surface area contributed by atoms with Gasteiger partial charge >= 0.3 is 0 Å². The van der Waals surface area contributed by atoms with Crippen molar-refractivity contribution in [2.75, 3.05) is 0 Å². The Balaban J connectivity index is 1.55. The van der Waals surface area contributed by atoms with Crippen molar-refractivity contribution >= 4 is 10.8 Å². The summed E-state index contributed by atoms with van der Waals surface area (Å²) in [6.45, 7) is 6.03. The van der Waals surface area contributed by atoms with Crippen molar-refractivity contribution < 1.29 is 0 Å². The first kappa shape index (κ1) is 19.2. The smallest absolute Gasteiger partial charge is 0.0178 e. The van der Waals surface area contributed by atoms with Crippen molar-refractivity contribution in [2.24, 2.45) is 0 Å². The number of hydrogen-bond acceptors (Lipinski definition) is 0. The summed E-state index contributed by atoms with van der Waals surface area (Å²) >= 11 is 0. The number of hydrogen-bond donors (Lipinski definition) is 0. The Morgan fingerprint density at radius 2 is 1.10 bits per heavy atom. The van der Waals surface area contributed by atoms with Crippen LogP contribution in [0.4, 0.5) is 0 Å². The van der Waals surface area contributed by atoms with E-state index in [1.165, 1.54) is 50.6 Å². The van der Waals surface area contributed by atoms with Gasteiger partial charge in [0.15, 0.2) is 0 Å². The maximum atomic E-state index is 3.80. The van der Waals surface area contributed by atoms with Crippen LogP contribution in [0.3, 0.4) is 0 Å². The first-order valence-corrected chi connectivity index (χ1v) is 10.6. The topological polar surface area (TPSA) is 0 Å². The molecule has 0 nitrogen and oxygen atoms in total. The van der Waals surface area contributed by atoms with Crippen LogP contribution in [0.5, 0.6) is 0 Å². The molecule has 0 aliphatic carbocycles. The molecule has 4 aromatic carbocycles. The van der Waals surface area contributed by atoms with Gasteiger partial charge in [-0.15, -0.1) is 6.58 Å². The molecule has 0 aliphatic heterocycles. The molecule has 0 amide bonds. The van der Waals surface area contributed by atoms with E-state index in [2.05, 4.69) is 98.4 Å². The highest BCUT2D eigenvalue weighted by Crippen LogP contribution is 2.28. The second kappa shape index (κ2) is 8.92. The maximum absolute atomic E-state index is 3.80. The lowest BCUT2D eigenvalue weighted by atomic mass is 9.96. The van der Waals surface area contributed by atoms with Crippen molar-refractivity contribution in [2.45, 2.75) is 32.6 Å². The first-order valence-electron chi connectivity index (χ1n) is 10.6. The maximum Gasteiger partial charge on any atom is -0.0178 e. The van der Waals surface area contributed by atoms with E-state index >= 15 is 0 Å². The molecule has 0 atom stereocenters. The summed E-state index contributed by atoms with van der Waals surface area (Å²) in [6, 6.07) is 31.4. The molecule has 4 aromatic rings. The molecule has 144 valence electrons. The molecule has 0 aliphatic rings. The fraction of sp³-hybridized carbons (Fsp3) is 0.172. The molecule has 0 N–H and O–H groups in total. The van der Waals surface area contributed by atoms with Gasteiger partial charge in [0.25, 0.3) is 0 Å². The third-order valence-corrected chi connectivity index (χ3v) is 5.59. The summed E-state index contributed by atoms with van der Waals surface area (Å²) in [4.78, 5) is 0. The van der Waals surface area contributed by atoms with E-state index < -0.39 is 0 Å². The molecule has 0 unspecified atom stereocenters. The van der Waals surface area contributed by atoms with Gasteiger partial charge in [-0.05, 0) is 69.5 Å². The fourth-order valence-electron chi connectivity index (χ4n) is 3.91. The zero-order chi connectivity index (χ0) is 20.1. The van der Waals surface area contributed by atoms with Crippen molar-refractivity contribution in [3.63, 3.8) is 0 Å². The molecule has 0 bridgehead atoms.